The van der Waals surface area contributed by atoms with Gasteiger partial charge in [0.1, 0.15) is 18.4 Å². The summed E-state index contributed by atoms with van der Waals surface area (Å²) in [4.78, 5) is 63.6. The summed E-state index contributed by atoms with van der Waals surface area (Å²) in [5.41, 5.74) is 9.99. The summed E-state index contributed by atoms with van der Waals surface area (Å²) in [6.45, 7) is 1.55. The van der Waals surface area contributed by atoms with Crippen LogP contribution in [0.15, 0.2) is 72.8 Å². The molecule has 0 saturated carbocycles. The molecule has 2 unspecified atom stereocenters. The maximum Gasteiger partial charge on any atom is 0.322 e. The lowest BCUT2D eigenvalue weighted by atomic mass is 10.0. The highest BCUT2D eigenvalue weighted by molar-refractivity contribution is 6.04. The first kappa shape index (κ1) is 35.8. The van der Waals surface area contributed by atoms with E-state index in [1.165, 1.54) is 0 Å². The molecule has 2 fully saturated rings. The Bertz CT molecular complexity index is 1670. The minimum Gasteiger partial charge on any atom is -0.481 e. The van der Waals surface area contributed by atoms with Crippen LogP contribution in [0.1, 0.15) is 45.1 Å². The van der Waals surface area contributed by atoms with Crippen molar-refractivity contribution in [1.82, 2.24) is 21.3 Å². The predicted molar refractivity (Wildman–Crippen MR) is 164 cm³/mol. The van der Waals surface area contributed by atoms with Crippen molar-refractivity contribution in [3.63, 3.8) is 0 Å². The second-order valence-corrected chi connectivity index (χ2v) is 9.65. The molecule has 0 aromatic heterocycles. The van der Waals surface area contributed by atoms with Crippen molar-refractivity contribution in [3.05, 3.63) is 106 Å². The third-order valence-electron chi connectivity index (χ3n) is 6.03. The number of nitrogens with two attached hydrogens (primary N) is 1. The van der Waals surface area contributed by atoms with Gasteiger partial charge in [0.2, 0.25) is 0 Å². The number of carbonyl (C=O) groups is 6. The summed E-state index contributed by atoms with van der Waals surface area (Å²) in [5, 5.41) is 34.0. The van der Waals surface area contributed by atoms with Crippen LogP contribution in [0.3, 0.4) is 0 Å². The Hall–Kier alpha value is -6.38. The van der Waals surface area contributed by atoms with Gasteiger partial charge in [0.25, 0.3) is 17.8 Å². The molecule has 6 amide bonds. The van der Waals surface area contributed by atoms with Crippen LogP contribution < -0.4 is 27.0 Å². The Morgan fingerprint density at radius 3 is 1.65 bits per heavy atom. The van der Waals surface area contributed by atoms with Crippen LogP contribution in [0.5, 0.6) is 0 Å². The number of aliphatic carboxylic acids is 1. The first-order chi connectivity index (χ1) is 22.0. The number of aldehydes is 1. The minimum atomic E-state index is -0.833. The first-order valence-electron chi connectivity index (χ1n) is 13.6. The highest BCUT2D eigenvalue weighted by Gasteiger charge is 2.30. The van der Waals surface area contributed by atoms with Crippen LogP contribution in [-0.2, 0) is 33.8 Å². The molecule has 2 aliphatic heterocycles. The fourth-order valence-corrected chi connectivity index (χ4v) is 4.01. The number of nitrogens with one attached hydrogen (secondary N) is 4. The molecule has 2 atom stereocenters. The zero-order valence-electron chi connectivity index (χ0n) is 24.7. The van der Waals surface area contributed by atoms with Gasteiger partial charge in [0, 0.05) is 31.9 Å². The first-order valence-corrected chi connectivity index (χ1v) is 13.6. The molecule has 14 heteroatoms. The number of hydrogen-bond donors (Lipinski definition) is 6. The molecule has 5 rings (SSSR count). The highest BCUT2D eigenvalue weighted by Crippen LogP contribution is 2.10. The molecule has 236 valence electrons. The maximum absolute atomic E-state index is 11.3. The molecule has 0 radical (unpaired) electrons. The fraction of sp³-hybridized carbons (Fsp3) is 0.188. The SMILES string of the molecule is CC(=O)O.N#Cc1cccc(C=O)c1.N#Cc1cccc(CC2NC(=O)NC2=O)c1.NCc1cccc(CC2NC(=O)NC2=O)c1. The molecule has 0 bridgehead atoms. The molecule has 3 aromatic carbocycles. The highest BCUT2D eigenvalue weighted by atomic mass is 16.4. The van der Waals surface area contributed by atoms with E-state index in [0.717, 1.165) is 29.9 Å². The Kier molecular flexibility index (Phi) is 14.3. The standard InChI is InChI=1S/C11H13N3O2.C11H9N3O2.C8H5NO.C2H4O2/c2*12-6-8-3-1-2-7(4-8)5-9-10(15)14-11(16)13-9;9-5-7-2-1-3-8(4-7)6-10;1-2(3)4/h1-4,9H,5-6,12H2,(H2,13,14,15,16);1-4,9H,5H2,(H2,13,14,15,16);1-4,6H;1H3,(H,3,4). The zero-order chi connectivity index (χ0) is 34.1. The number of nitrogens with zero attached hydrogens (tertiary/aromatic N) is 2. The molecule has 7 N–H and O–H groups in total. The molecule has 0 aliphatic carbocycles. The Morgan fingerprint density at radius 1 is 0.783 bits per heavy atom. The van der Waals surface area contributed by atoms with Gasteiger partial charge in [-0.05, 0) is 41.0 Å². The molecular formula is C32H31N7O7. The number of carbonyl (C=O) groups excluding carboxylic acids is 5. The van der Waals surface area contributed by atoms with Gasteiger partial charge in [-0.15, -0.1) is 0 Å². The van der Waals surface area contributed by atoms with Crippen molar-refractivity contribution in [2.45, 2.75) is 38.4 Å². The van der Waals surface area contributed by atoms with E-state index in [0.29, 0.717) is 36.1 Å². The van der Waals surface area contributed by atoms with Crippen molar-refractivity contribution < 1.29 is 33.9 Å². The second-order valence-electron chi connectivity index (χ2n) is 9.65. The molecule has 2 saturated heterocycles. The average molecular weight is 626 g/mol. The molecule has 3 aromatic rings. The van der Waals surface area contributed by atoms with Gasteiger partial charge in [0.05, 0.1) is 23.3 Å². The van der Waals surface area contributed by atoms with E-state index in [9.17, 15) is 24.0 Å². The van der Waals surface area contributed by atoms with Crippen LogP contribution in [0.4, 0.5) is 9.59 Å². The number of nitriles is 2. The van der Waals surface area contributed by atoms with Crippen molar-refractivity contribution >= 4 is 36.1 Å². The van der Waals surface area contributed by atoms with Crippen LogP contribution in [0.25, 0.3) is 0 Å². The lowest BCUT2D eigenvalue weighted by Crippen LogP contribution is -2.31. The van der Waals surface area contributed by atoms with Crippen molar-refractivity contribution in [3.8, 4) is 12.1 Å². The van der Waals surface area contributed by atoms with E-state index in [2.05, 4.69) is 21.3 Å². The number of rotatable bonds is 6. The number of carboxylic acids is 1. The van der Waals surface area contributed by atoms with E-state index in [4.69, 9.17) is 26.2 Å². The van der Waals surface area contributed by atoms with E-state index in [1.54, 1.807) is 42.5 Å². The summed E-state index contributed by atoms with van der Waals surface area (Å²) in [6.07, 6.45) is 1.61. The van der Waals surface area contributed by atoms with Gasteiger partial charge in [0.15, 0.2) is 0 Å². The topological polar surface area (TPSA) is 244 Å². The van der Waals surface area contributed by atoms with E-state index in [1.807, 2.05) is 42.5 Å². The van der Waals surface area contributed by atoms with Crippen molar-refractivity contribution in [1.29, 1.82) is 10.5 Å². The fourth-order valence-electron chi connectivity index (χ4n) is 4.01. The minimum absolute atomic E-state index is 0.275. The normalized spacial score (nSPS) is 15.7. The smallest absolute Gasteiger partial charge is 0.322 e. The zero-order valence-corrected chi connectivity index (χ0v) is 24.7. The number of imide groups is 2. The summed E-state index contributed by atoms with van der Waals surface area (Å²) >= 11 is 0. The molecule has 14 nitrogen and oxygen atoms in total. The molecule has 0 spiro atoms. The number of carboxylic acid groups (broad SMARTS) is 1. The Labute approximate surface area is 264 Å². The maximum atomic E-state index is 11.3. The lowest BCUT2D eigenvalue weighted by molar-refractivity contribution is -0.134. The molecule has 2 heterocycles. The summed E-state index contributed by atoms with van der Waals surface area (Å²) < 4.78 is 0. The third-order valence-corrected chi connectivity index (χ3v) is 6.03. The number of amides is 6. The monoisotopic (exact) mass is 625 g/mol. The van der Waals surface area contributed by atoms with Crippen molar-refractivity contribution in [2.75, 3.05) is 0 Å². The predicted octanol–water partition coefficient (Wildman–Crippen LogP) is 1.67. The Balaban J connectivity index is 0.000000232. The van der Waals surface area contributed by atoms with E-state index < -0.39 is 30.1 Å². The summed E-state index contributed by atoms with van der Waals surface area (Å²) in [6, 6.07) is 23.3. The van der Waals surface area contributed by atoms with Gasteiger partial charge in [-0.3, -0.25) is 29.8 Å². The van der Waals surface area contributed by atoms with E-state index >= 15 is 0 Å². The number of hydrogen-bond acceptors (Lipinski definition) is 9. The summed E-state index contributed by atoms with van der Waals surface area (Å²) in [7, 11) is 0. The van der Waals surface area contributed by atoms with Crippen LogP contribution >= 0.6 is 0 Å². The van der Waals surface area contributed by atoms with Gasteiger partial charge < -0.3 is 21.5 Å². The van der Waals surface area contributed by atoms with Crippen LogP contribution in [0, 0.1) is 22.7 Å². The molecule has 46 heavy (non-hydrogen) atoms. The molecule has 2 aliphatic rings. The van der Waals surface area contributed by atoms with Gasteiger partial charge >= 0.3 is 12.1 Å². The van der Waals surface area contributed by atoms with Crippen molar-refractivity contribution in [2.24, 2.45) is 5.73 Å². The summed E-state index contributed by atoms with van der Waals surface area (Å²) in [5.74, 6) is -1.43. The quantitative estimate of drug-likeness (QED) is 0.171. The van der Waals surface area contributed by atoms with Crippen LogP contribution in [0.2, 0.25) is 0 Å². The molecular weight excluding hydrogens is 594 g/mol. The third kappa shape index (κ3) is 12.5. The number of benzene rings is 3. The number of urea groups is 2. The average Bonchev–Trinajstić information content (AvgIpc) is 3.54. The van der Waals surface area contributed by atoms with Gasteiger partial charge in [-0.2, -0.15) is 10.5 Å². The van der Waals surface area contributed by atoms with Gasteiger partial charge in [-0.1, -0.05) is 48.5 Å². The second kappa shape index (κ2) is 18.3. The lowest BCUT2D eigenvalue weighted by Gasteiger charge is -2.08. The van der Waals surface area contributed by atoms with Crippen LogP contribution in [-0.4, -0.2) is 53.3 Å². The Morgan fingerprint density at radius 2 is 1.22 bits per heavy atom. The van der Waals surface area contributed by atoms with Gasteiger partial charge in [-0.25, -0.2) is 9.59 Å². The van der Waals surface area contributed by atoms with E-state index in [-0.39, 0.29) is 11.8 Å². The largest absolute Gasteiger partial charge is 0.481 e.